The van der Waals surface area contributed by atoms with Crippen molar-refractivity contribution in [2.24, 2.45) is 11.5 Å². The van der Waals surface area contributed by atoms with Gasteiger partial charge in [0, 0.05) is 24.2 Å². The normalized spacial score (nSPS) is 11.5. The van der Waals surface area contributed by atoms with E-state index < -0.39 is 11.8 Å². The van der Waals surface area contributed by atoms with Gasteiger partial charge in [-0.05, 0) is 59.0 Å². The Bertz CT molecular complexity index is 2660. The van der Waals surface area contributed by atoms with Gasteiger partial charge in [0.15, 0.2) is 11.5 Å². The highest BCUT2D eigenvalue weighted by Gasteiger charge is 2.28. The standard InChI is InChI=1S/C34H24Cl4N14O4/c1-55-27-15(29(39)53)5-9-19-25(27)41-33(13-3-7-17(35)23(37)21(13)31-43-47-48-44-31)51(19)11-12-52-20-10-6-16(30(40)54)28(56-2)26(20)42-34(52)14-4-8-18(36)24(38)22(14)32-45-49-50-46-32/h3-10H,11-12H2,1-2H3,(H2,39,53)(H2,40,54)(H,43,44,47,48)(H,45,46,49,50). The lowest BCUT2D eigenvalue weighted by Gasteiger charge is -2.16. The Morgan fingerprint density at radius 2 is 1.05 bits per heavy atom. The van der Waals surface area contributed by atoms with Crippen molar-refractivity contribution in [2.75, 3.05) is 14.2 Å². The van der Waals surface area contributed by atoms with Crippen molar-refractivity contribution in [3.8, 4) is 57.1 Å². The average Bonchev–Trinajstić information content (AvgIpc) is 4.02. The fourth-order valence-corrected chi connectivity index (χ4v) is 7.46. The predicted octanol–water partition coefficient (Wildman–Crippen LogP) is 5.61. The molecule has 8 aromatic rings. The lowest BCUT2D eigenvalue weighted by atomic mass is 10.1. The molecular weight excluding hydrogens is 810 g/mol. The second-order valence-electron chi connectivity index (χ2n) is 12.0. The highest BCUT2D eigenvalue weighted by atomic mass is 35.5. The average molecular weight is 834 g/mol. The minimum atomic E-state index is -0.709. The molecule has 0 aliphatic rings. The first kappa shape index (κ1) is 36.6. The number of rotatable bonds is 11. The van der Waals surface area contributed by atoms with Crippen molar-refractivity contribution in [2.45, 2.75) is 13.1 Å². The molecule has 0 saturated carbocycles. The van der Waals surface area contributed by atoms with Gasteiger partial charge in [0.2, 0.25) is 11.6 Å². The van der Waals surface area contributed by atoms with Crippen molar-refractivity contribution < 1.29 is 19.1 Å². The number of methoxy groups -OCH3 is 2. The zero-order chi connectivity index (χ0) is 39.4. The number of carbonyl (C=O) groups is 2. The summed E-state index contributed by atoms with van der Waals surface area (Å²) >= 11 is 26.6. The number of tetrazole rings is 2. The number of carbonyl (C=O) groups excluding carboxylic acids is 2. The van der Waals surface area contributed by atoms with Crippen LogP contribution < -0.4 is 20.9 Å². The van der Waals surface area contributed by atoms with Gasteiger partial charge in [0.1, 0.15) is 22.7 Å². The molecule has 0 aliphatic carbocycles. The van der Waals surface area contributed by atoms with Crippen LogP contribution in [0.2, 0.25) is 20.1 Å². The van der Waals surface area contributed by atoms with Gasteiger partial charge in [0.25, 0.3) is 11.8 Å². The first-order chi connectivity index (χ1) is 27.0. The first-order valence-electron chi connectivity index (χ1n) is 16.2. The number of hydrogen-bond acceptors (Lipinski definition) is 12. The summed E-state index contributed by atoms with van der Waals surface area (Å²) in [4.78, 5) is 35.0. The van der Waals surface area contributed by atoms with Crippen molar-refractivity contribution in [3.63, 3.8) is 0 Å². The van der Waals surface area contributed by atoms with Gasteiger partial charge < -0.3 is 30.1 Å². The van der Waals surface area contributed by atoms with Gasteiger partial charge in [0.05, 0.1) is 67.6 Å². The van der Waals surface area contributed by atoms with Crippen LogP contribution in [0.1, 0.15) is 20.7 Å². The van der Waals surface area contributed by atoms with Gasteiger partial charge in [-0.1, -0.05) is 46.4 Å². The smallest absolute Gasteiger partial charge is 0.252 e. The molecule has 4 aromatic heterocycles. The Morgan fingerprint density at radius 3 is 1.39 bits per heavy atom. The molecule has 0 unspecified atom stereocenters. The van der Waals surface area contributed by atoms with Gasteiger partial charge in [-0.15, -0.1) is 20.4 Å². The molecule has 0 bridgehead atoms. The van der Waals surface area contributed by atoms with Gasteiger partial charge >= 0.3 is 0 Å². The third-order valence-electron chi connectivity index (χ3n) is 9.04. The van der Waals surface area contributed by atoms with E-state index in [9.17, 15) is 9.59 Å². The minimum absolute atomic E-state index is 0.123. The summed E-state index contributed by atoms with van der Waals surface area (Å²) in [6, 6.07) is 13.2. The number of aromatic nitrogens is 12. The Balaban J connectivity index is 1.39. The van der Waals surface area contributed by atoms with E-state index >= 15 is 0 Å². The van der Waals surface area contributed by atoms with Crippen LogP contribution in [0.15, 0.2) is 48.5 Å². The van der Waals surface area contributed by atoms with E-state index in [0.29, 0.717) is 56.0 Å². The lowest BCUT2D eigenvalue weighted by Crippen LogP contribution is -2.13. The van der Waals surface area contributed by atoms with Gasteiger partial charge in [-0.25, -0.2) is 9.97 Å². The topological polar surface area (TPSA) is 249 Å². The zero-order valence-corrected chi connectivity index (χ0v) is 31.8. The molecule has 2 amide bonds. The van der Waals surface area contributed by atoms with Crippen LogP contribution in [0.4, 0.5) is 0 Å². The van der Waals surface area contributed by atoms with E-state index in [2.05, 4.69) is 41.2 Å². The monoisotopic (exact) mass is 832 g/mol. The Labute approximate surface area is 334 Å². The Hall–Kier alpha value is -6.34. The maximum atomic E-state index is 12.5. The van der Waals surface area contributed by atoms with E-state index in [0.717, 1.165) is 0 Å². The number of H-pyrrole nitrogens is 2. The van der Waals surface area contributed by atoms with Crippen LogP contribution >= 0.6 is 46.4 Å². The maximum absolute atomic E-state index is 12.5. The zero-order valence-electron chi connectivity index (χ0n) is 28.8. The largest absolute Gasteiger partial charge is 0.494 e. The summed E-state index contributed by atoms with van der Waals surface area (Å²) in [5, 5.41) is 29.8. The van der Waals surface area contributed by atoms with Crippen LogP contribution in [-0.2, 0) is 13.1 Å². The molecule has 282 valence electrons. The van der Waals surface area contributed by atoms with Crippen molar-refractivity contribution >= 4 is 80.3 Å². The number of hydrogen-bond donors (Lipinski definition) is 4. The molecule has 18 nitrogen and oxygen atoms in total. The van der Waals surface area contributed by atoms with Crippen molar-refractivity contribution in [3.05, 3.63) is 79.7 Å². The van der Waals surface area contributed by atoms with E-state index in [1.54, 1.807) is 48.5 Å². The summed E-state index contributed by atoms with van der Waals surface area (Å²) in [5.74, 6) is -0.0305. The fourth-order valence-electron chi connectivity index (χ4n) is 6.65. The van der Waals surface area contributed by atoms with E-state index in [-0.39, 0.29) is 67.5 Å². The molecule has 22 heteroatoms. The fraction of sp³-hybridized carbons (Fsp3) is 0.118. The number of halogens is 4. The summed E-state index contributed by atoms with van der Waals surface area (Å²) < 4.78 is 15.2. The van der Waals surface area contributed by atoms with Crippen molar-refractivity contribution in [1.29, 1.82) is 0 Å². The molecule has 4 aromatic carbocycles. The second-order valence-corrected chi connectivity index (χ2v) is 13.5. The number of nitrogens with two attached hydrogens (primary N) is 2. The van der Waals surface area contributed by atoms with Crippen LogP contribution in [-0.4, -0.2) is 86.4 Å². The summed E-state index contributed by atoms with van der Waals surface area (Å²) in [6.07, 6.45) is 0. The number of amides is 2. The van der Waals surface area contributed by atoms with Crippen LogP contribution in [0, 0.1) is 0 Å². The molecule has 0 radical (unpaired) electrons. The number of nitrogens with zero attached hydrogens (tertiary/aromatic N) is 10. The SMILES string of the molecule is COc1c(C(N)=O)ccc2c1nc(-c1ccc(Cl)c(Cl)c1-c1nn[nH]n1)n2CCn1c(-c2ccc(Cl)c(Cl)c2-c2nn[nH]n2)nc2c(OC)c(C(N)=O)ccc21. The number of nitrogens with one attached hydrogen (secondary N) is 2. The molecule has 56 heavy (non-hydrogen) atoms. The van der Waals surface area contributed by atoms with Crippen LogP contribution in [0.3, 0.4) is 0 Å². The molecule has 6 N–H and O–H groups in total. The third-order valence-corrected chi connectivity index (χ3v) is 10.7. The van der Waals surface area contributed by atoms with E-state index in [1.807, 2.05) is 9.13 Å². The number of benzene rings is 4. The van der Waals surface area contributed by atoms with Crippen molar-refractivity contribution in [1.82, 2.24) is 60.4 Å². The molecule has 8 rings (SSSR count). The minimum Gasteiger partial charge on any atom is -0.494 e. The Morgan fingerprint density at radius 1 is 0.643 bits per heavy atom. The molecule has 0 saturated heterocycles. The predicted molar refractivity (Wildman–Crippen MR) is 207 cm³/mol. The second kappa shape index (κ2) is 14.4. The number of aromatic amines is 2. The summed E-state index contributed by atoms with van der Waals surface area (Å²) in [5.41, 5.74) is 15.1. The molecule has 0 spiro atoms. The number of imidazole rings is 2. The highest BCUT2D eigenvalue weighted by molar-refractivity contribution is 6.44. The van der Waals surface area contributed by atoms with E-state index in [1.165, 1.54) is 14.2 Å². The quantitative estimate of drug-likeness (QED) is 0.124. The molecule has 0 aliphatic heterocycles. The van der Waals surface area contributed by atoms with Gasteiger partial charge in [-0.2, -0.15) is 10.4 Å². The maximum Gasteiger partial charge on any atom is 0.252 e. The van der Waals surface area contributed by atoms with E-state index in [4.69, 9.17) is 77.3 Å². The molecular formula is C34H24Cl4N14O4. The third kappa shape index (κ3) is 5.90. The summed E-state index contributed by atoms with van der Waals surface area (Å²) in [6.45, 7) is 0.377. The Kier molecular flexibility index (Phi) is 9.41. The molecule has 4 heterocycles. The number of ether oxygens (including phenoxy) is 2. The number of fused-ring (bicyclic) bond motifs is 2. The van der Waals surface area contributed by atoms with Crippen LogP contribution in [0.25, 0.3) is 67.6 Å². The van der Waals surface area contributed by atoms with Crippen LogP contribution in [0.5, 0.6) is 11.5 Å². The first-order valence-corrected chi connectivity index (χ1v) is 17.7. The molecule has 0 atom stereocenters. The number of primary amides is 2. The van der Waals surface area contributed by atoms with Gasteiger partial charge in [-0.3, -0.25) is 9.59 Å². The lowest BCUT2D eigenvalue weighted by molar-refractivity contribution is 0.0989. The number of aryl methyl sites for hydroxylation is 2. The highest BCUT2D eigenvalue weighted by Crippen LogP contribution is 2.44. The summed E-state index contributed by atoms with van der Waals surface area (Å²) in [7, 11) is 2.83. The molecule has 0 fully saturated rings.